The lowest BCUT2D eigenvalue weighted by molar-refractivity contribution is 0.112. The van der Waals surface area contributed by atoms with E-state index in [1.54, 1.807) is 6.07 Å². The first-order chi connectivity index (χ1) is 6.20. The van der Waals surface area contributed by atoms with Crippen LogP contribution in [-0.2, 0) is 0 Å². The number of aldehydes is 1. The Balaban J connectivity index is 2.82. The second kappa shape index (κ2) is 3.20. The number of fused-ring (bicyclic) bond motifs is 1. The van der Waals surface area contributed by atoms with Crippen LogP contribution in [0.15, 0.2) is 22.7 Å². The first-order valence-corrected chi connectivity index (χ1v) is 5.15. The molecule has 0 aliphatic carbocycles. The summed E-state index contributed by atoms with van der Waals surface area (Å²) in [7, 11) is 0. The topological polar surface area (TPSA) is 17.1 Å². The molecule has 4 heteroatoms. The number of carbonyl (C=O) groups excluding carboxylic acids is 1. The van der Waals surface area contributed by atoms with E-state index in [9.17, 15) is 9.18 Å². The van der Waals surface area contributed by atoms with E-state index in [1.165, 1.54) is 23.5 Å². The number of rotatable bonds is 1. The maximum absolute atomic E-state index is 12.9. The molecule has 2 aromatic rings. The molecule has 0 fully saturated rings. The lowest BCUT2D eigenvalue weighted by Crippen LogP contribution is -1.72. The monoisotopic (exact) mass is 258 g/mol. The van der Waals surface area contributed by atoms with E-state index in [0.29, 0.717) is 9.35 Å². The van der Waals surface area contributed by atoms with E-state index in [1.807, 2.05) is 0 Å². The van der Waals surface area contributed by atoms with Gasteiger partial charge in [-0.25, -0.2) is 4.39 Å². The van der Waals surface area contributed by atoms with Crippen LogP contribution in [0.2, 0.25) is 0 Å². The van der Waals surface area contributed by atoms with E-state index < -0.39 is 0 Å². The first-order valence-electron chi connectivity index (χ1n) is 3.54. The second-order valence-electron chi connectivity index (χ2n) is 2.57. The number of benzene rings is 1. The van der Waals surface area contributed by atoms with Gasteiger partial charge in [0.2, 0.25) is 0 Å². The van der Waals surface area contributed by atoms with Crippen molar-refractivity contribution in [2.75, 3.05) is 0 Å². The smallest absolute Gasteiger partial charge is 0.160 e. The number of thiophene rings is 1. The van der Waals surface area contributed by atoms with Crippen molar-refractivity contribution in [3.8, 4) is 0 Å². The van der Waals surface area contributed by atoms with Crippen molar-refractivity contribution in [1.29, 1.82) is 0 Å². The Hall–Kier alpha value is -0.740. The highest BCUT2D eigenvalue weighted by Crippen LogP contribution is 2.32. The number of carbonyl (C=O) groups is 1. The van der Waals surface area contributed by atoms with E-state index in [0.717, 1.165) is 16.4 Å². The van der Waals surface area contributed by atoms with Gasteiger partial charge in [0.05, 0.1) is 4.88 Å². The Morgan fingerprint density at radius 3 is 2.85 bits per heavy atom. The summed E-state index contributed by atoms with van der Waals surface area (Å²) in [5.74, 6) is -0.297. The molecule has 0 spiro atoms. The predicted octanol–water partition coefficient (Wildman–Crippen LogP) is 3.62. The fourth-order valence-electron chi connectivity index (χ4n) is 1.15. The quantitative estimate of drug-likeness (QED) is 0.715. The molecule has 1 nitrogen and oxygen atoms in total. The molecule has 0 aliphatic heterocycles. The molecule has 0 bridgehead atoms. The molecule has 1 aromatic carbocycles. The highest BCUT2D eigenvalue weighted by Gasteiger charge is 2.06. The average Bonchev–Trinajstić information content (AvgIpc) is 2.47. The molecule has 0 aliphatic rings. The average molecular weight is 259 g/mol. The van der Waals surface area contributed by atoms with Crippen LogP contribution in [0.5, 0.6) is 0 Å². The highest BCUT2D eigenvalue weighted by atomic mass is 79.9. The minimum Gasteiger partial charge on any atom is -0.297 e. The maximum Gasteiger partial charge on any atom is 0.160 e. The van der Waals surface area contributed by atoms with Crippen molar-refractivity contribution >= 4 is 43.6 Å². The third kappa shape index (κ3) is 1.51. The summed E-state index contributed by atoms with van der Waals surface area (Å²) in [6.07, 6.45) is 0.773. The summed E-state index contributed by atoms with van der Waals surface area (Å²) >= 11 is 4.60. The molecule has 0 atom stereocenters. The highest BCUT2D eigenvalue weighted by molar-refractivity contribution is 9.10. The van der Waals surface area contributed by atoms with Crippen LogP contribution >= 0.6 is 27.3 Å². The predicted molar refractivity (Wildman–Crippen MR) is 54.9 cm³/mol. The Morgan fingerprint density at radius 1 is 1.38 bits per heavy atom. The van der Waals surface area contributed by atoms with E-state index in [4.69, 9.17) is 0 Å². The maximum atomic E-state index is 12.9. The summed E-state index contributed by atoms with van der Waals surface area (Å²) < 4.78 is 14.5. The normalized spacial score (nSPS) is 10.6. The summed E-state index contributed by atoms with van der Waals surface area (Å²) in [5.41, 5.74) is 0. The number of halogens is 2. The van der Waals surface area contributed by atoms with E-state index >= 15 is 0 Å². The van der Waals surface area contributed by atoms with Gasteiger partial charge in [-0.05, 0) is 39.5 Å². The molecule has 2 rings (SSSR count). The van der Waals surface area contributed by atoms with Crippen molar-refractivity contribution in [3.05, 3.63) is 33.4 Å². The zero-order valence-electron chi connectivity index (χ0n) is 6.38. The van der Waals surface area contributed by atoms with Crippen LogP contribution in [0.1, 0.15) is 9.67 Å². The molecule has 0 saturated carbocycles. The summed E-state index contributed by atoms with van der Waals surface area (Å²) in [6.45, 7) is 0. The Morgan fingerprint density at radius 2 is 2.15 bits per heavy atom. The lowest BCUT2D eigenvalue weighted by Gasteiger charge is -1.92. The molecule has 0 N–H and O–H groups in total. The van der Waals surface area contributed by atoms with Crippen LogP contribution in [0.3, 0.4) is 0 Å². The van der Waals surface area contributed by atoms with Gasteiger partial charge >= 0.3 is 0 Å². The first kappa shape index (κ1) is 8.84. The SMILES string of the molecule is O=Cc1cc2cc(F)cc(Br)c2s1. The summed E-state index contributed by atoms with van der Waals surface area (Å²) in [6, 6.07) is 4.50. The van der Waals surface area contributed by atoms with Gasteiger partial charge in [0.15, 0.2) is 6.29 Å². The third-order valence-corrected chi connectivity index (χ3v) is 3.67. The van der Waals surface area contributed by atoms with Gasteiger partial charge in [-0.1, -0.05) is 0 Å². The van der Waals surface area contributed by atoms with Crippen LogP contribution in [0.25, 0.3) is 10.1 Å². The van der Waals surface area contributed by atoms with Gasteiger partial charge in [0.25, 0.3) is 0 Å². The standard InChI is InChI=1S/C9H4BrFOS/c10-8-3-6(11)1-5-2-7(4-12)13-9(5)8/h1-4H. The molecule has 13 heavy (non-hydrogen) atoms. The summed E-state index contributed by atoms with van der Waals surface area (Å²) in [5, 5.41) is 0.763. The molecule has 0 saturated heterocycles. The molecule has 0 amide bonds. The van der Waals surface area contributed by atoms with Gasteiger partial charge in [-0.3, -0.25) is 4.79 Å². The second-order valence-corrected chi connectivity index (χ2v) is 4.51. The van der Waals surface area contributed by atoms with Crippen LogP contribution in [0, 0.1) is 5.82 Å². The van der Waals surface area contributed by atoms with Crippen molar-refractivity contribution in [1.82, 2.24) is 0 Å². The summed E-state index contributed by atoms with van der Waals surface area (Å²) in [4.78, 5) is 11.1. The molecule has 1 heterocycles. The fourth-order valence-corrected chi connectivity index (χ4v) is 2.71. The van der Waals surface area contributed by atoms with Crippen LogP contribution < -0.4 is 0 Å². The van der Waals surface area contributed by atoms with Gasteiger partial charge in [0, 0.05) is 9.17 Å². The van der Waals surface area contributed by atoms with Gasteiger partial charge < -0.3 is 0 Å². The molecular formula is C9H4BrFOS. The van der Waals surface area contributed by atoms with E-state index in [-0.39, 0.29) is 5.82 Å². The fraction of sp³-hybridized carbons (Fsp3) is 0. The number of hydrogen-bond donors (Lipinski definition) is 0. The zero-order chi connectivity index (χ0) is 9.42. The molecule has 0 radical (unpaired) electrons. The Kier molecular flexibility index (Phi) is 2.17. The van der Waals surface area contributed by atoms with E-state index in [2.05, 4.69) is 15.9 Å². The van der Waals surface area contributed by atoms with Crippen molar-refractivity contribution in [2.24, 2.45) is 0 Å². The minimum atomic E-state index is -0.297. The largest absolute Gasteiger partial charge is 0.297 e. The van der Waals surface area contributed by atoms with Crippen molar-refractivity contribution in [2.45, 2.75) is 0 Å². The van der Waals surface area contributed by atoms with Crippen molar-refractivity contribution < 1.29 is 9.18 Å². The Bertz CT molecular complexity index is 478. The zero-order valence-corrected chi connectivity index (χ0v) is 8.78. The van der Waals surface area contributed by atoms with Gasteiger partial charge in [-0.2, -0.15) is 0 Å². The van der Waals surface area contributed by atoms with Gasteiger partial charge in [0.1, 0.15) is 5.82 Å². The number of hydrogen-bond acceptors (Lipinski definition) is 2. The van der Waals surface area contributed by atoms with Crippen LogP contribution in [-0.4, -0.2) is 6.29 Å². The van der Waals surface area contributed by atoms with Crippen molar-refractivity contribution in [3.63, 3.8) is 0 Å². The molecule has 0 unspecified atom stereocenters. The van der Waals surface area contributed by atoms with Gasteiger partial charge in [-0.15, -0.1) is 11.3 Å². The minimum absolute atomic E-state index is 0.297. The van der Waals surface area contributed by atoms with Crippen LogP contribution in [0.4, 0.5) is 4.39 Å². The third-order valence-electron chi connectivity index (χ3n) is 1.67. The Labute approximate surface area is 86.3 Å². The molecule has 1 aromatic heterocycles. The molecule has 66 valence electrons. The lowest BCUT2D eigenvalue weighted by atomic mass is 10.2. The molecular weight excluding hydrogens is 255 g/mol.